The van der Waals surface area contributed by atoms with Crippen molar-refractivity contribution in [1.82, 2.24) is 15.1 Å². The summed E-state index contributed by atoms with van der Waals surface area (Å²) in [6.07, 6.45) is -0.294. The molecule has 216 valence electrons. The zero-order chi connectivity index (χ0) is 29.5. The van der Waals surface area contributed by atoms with Crippen LogP contribution in [0.5, 0.6) is 0 Å². The molecule has 3 aromatic rings. The fraction of sp³-hybridized carbons (Fsp3) is 0.355. The number of hydrogen-bond donors (Lipinski definition) is 1. The van der Waals surface area contributed by atoms with Gasteiger partial charge in [-0.25, -0.2) is 9.59 Å². The molecule has 41 heavy (non-hydrogen) atoms. The van der Waals surface area contributed by atoms with Crippen molar-refractivity contribution in [1.29, 1.82) is 0 Å². The van der Waals surface area contributed by atoms with Crippen molar-refractivity contribution in [2.45, 2.75) is 52.4 Å². The van der Waals surface area contributed by atoms with Crippen molar-refractivity contribution < 1.29 is 14.3 Å². The highest BCUT2D eigenvalue weighted by molar-refractivity contribution is 6.40. The minimum Gasteiger partial charge on any atom is -0.444 e. The molecule has 2 aliphatic heterocycles. The molecule has 0 radical (unpaired) electrons. The number of urea groups is 1. The third kappa shape index (κ3) is 6.28. The molecule has 1 unspecified atom stereocenters. The number of ether oxygens (including phenoxy) is 1. The highest BCUT2D eigenvalue weighted by Gasteiger charge is 2.33. The summed E-state index contributed by atoms with van der Waals surface area (Å²) in [6, 6.07) is 16.8. The number of halogens is 3. The van der Waals surface area contributed by atoms with Crippen LogP contribution in [-0.4, -0.2) is 53.2 Å². The fourth-order valence-corrected chi connectivity index (χ4v) is 6.15. The number of amides is 3. The number of fused-ring (bicyclic) bond motifs is 1. The molecule has 1 N–H and O–H groups in total. The quantitative estimate of drug-likeness (QED) is 0.322. The molecule has 0 saturated carbocycles. The maximum Gasteiger partial charge on any atom is 0.410 e. The minimum absolute atomic E-state index is 0.0912. The van der Waals surface area contributed by atoms with Crippen LogP contribution < -0.4 is 10.2 Å². The van der Waals surface area contributed by atoms with Crippen LogP contribution in [0.4, 0.5) is 21.0 Å². The number of anilines is 2. The van der Waals surface area contributed by atoms with Crippen LogP contribution in [0, 0.1) is 0 Å². The second-order valence-electron chi connectivity index (χ2n) is 11.4. The molecule has 0 aliphatic carbocycles. The summed E-state index contributed by atoms with van der Waals surface area (Å²) in [4.78, 5) is 31.7. The summed E-state index contributed by atoms with van der Waals surface area (Å²) in [5.41, 5.74) is 4.30. The van der Waals surface area contributed by atoms with E-state index in [2.05, 4.69) is 23.2 Å². The number of hydrogen-bond acceptors (Lipinski definition) is 4. The number of carbonyl (C=O) groups excluding carboxylic acids is 2. The van der Waals surface area contributed by atoms with Crippen molar-refractivity contribution >= 4 is 58.3 Å². The molecular weight excluding hydrogens is 583 g/mol. The maximum absolute atomic E-state index is 13.3. The van der Waals surface area contributed by atoms with Crippen molar-refractivity contribution in [3.05, 3.63) is 80.8 Å². The van der Waals surface area contributed by atoms with Gasteiger partial charge in [0.15, 0.2) is 0 Å². The second kappa shape index (κ2) is 11.7. The smallest absolute Gasteiger partial charge is 0.410 e. The molecule has 0 bridgehead atoms. The lowest BCUT2D eigenvalue weighted by Gasteiger charge is -2.40. The molecule has 0 spiro atoms. The van der Waals surface area contributed by atoms with Gasteiger partial charge in [0.25, 0.3) is 0 Å². The summed E-state index contributed by atoms with van der Waals surface area (Å²) in [6.45, 7) is 10.5. The molecular formula is C31H33Cl3N4O3. The monoisotopic (exact) mass is 614 g/mol. The van der Waals surface area contributed by atoms with Gasteiger partial charge in [-0.05, 0) is 69.2 Å². The molecule has 1 atom stereocenters. The highest BCUT2D eigenvalue weighted by atomic mass is 35.5. The summed E-state index contributed by atoms with van der Waals surface area (Å²) in [5.74, 6) is 0. The lowest BCUT2D eigenvalue weighted by atomic mass is 9.93. The lowest BCUT2D eigenvalue weighted by Crippen LogP contribution is -2.54. The number of carbonyl (C=O) groups is 2. The van der Waals surface area contributed by atoms with Gasteiger partial charge in [0.05, 0.1) is 21.4 Å². The van der Waals surface area contributed by atoms with Crippen LogP contribution in [0.15, 0.2) is 54.6 Å². The van der Waals surface area contributed by atoms with E-state index in [0.29, 0.717) is 59.2 Å². The van der Waals surface area contributed by atoms with Crippen molar-refractivity contribution in [2.24, 2.45) is 0 Å². The topological polar surface area (TPSA) is 65.1 Å². The van der Waals surface area contributed by atoms with Crippen molar-refractivity contribution in [3.63, 3.8) is 0 Å². The molecule has 5 rings (SSSR count). The summed E-state index contributed by atoms with van der Waals surface area (Å²) in [5, 5.41) is 4.34. The van der Waals surface area contributed by atoms with E-state index >= 15 is 0 Å². The van der Waals surface area contributed by atoms with Gasteiger partial charge in [-0.2, -0.15) is 0 Å². The van der Waals surface area contributed by atoms with Crippen LogP contribution in [0.1, 0.15) is 38.8 Å². The molecule has 2 aliphatic rings. The Labute approximate surface area is 255 Å². The van der Waals surface area contributed by atoms with E-state index in [4.69, 9.17) is 39.5 Å². The zero-order valence-electron chi connectivity index (χ0n) is 23.5. The molecule has 1 saturated heterocycles. The van der Waals surface area contributed by atoms with E-state index in [0.717, 1.165) is 22.3 Å². The molecule has 0 aromatic heterocycles. The molecule has 7 nitrogen and oxygen atoms in total. The summed E-state index contributed by atoms with van der Waals surface area (Å²) < 4.78 is 5.59. The number of rotatable bonds is 4. The first kappa shape index (κ1) is 29.5. The van der Waals surface area contributed by atoms with Gasteiger partial charge in [0.1, 0.15) is 5.60 Å². The van der Waals surface area contributed by atoms with E-state index in [-0.39, 0.29) is 18.2 Å². The molecule has 1 fully saturated rings. The van der Waals surface area contributed by atoms with E-state index in [9.17, 15) is 9.59 Å². The van der Waals surface area contributed by atoms with Crippen molar-refractivity contribution in [2.75, 3.05) is 24.5 Å². The summed E-state index contributed by atoms with van der Waals surface area (Å²) >= 11 is 19.9. The predicted molar refractivity (Wildman–Crippen MR) is 165 cm³/mol. The zero-order valence-corrected chi connectivity index (χ0v) is 25.8. The number of piperazine rings is 1. The maximum atomic E-state index is 13.3. The summed E-state index contributed by atoms with van der Waals surface area (Å²) in [7, 11) is 0. The number of nitrogens with zero attached hydrogens (tertiary/aromatic N) is 3. The molecule has 10 heteroatoms. The highest BCUT2D eigenvalue weighted by Crippen LogP contribution is 2.45. The molecule has 2 heterocycles. The first-order valence-corrected chi connectivity index (χ1v) is 14.7. The third-order valence-electron chi connectivity index (χ3n) is 7.27. The Morgan fingerprint density at radius 3 is 2.32 bits per heavy atom. The van der Waals surface area contributed by atoms with Crippen LogP contribution in [0.25, 0.3) is 11.1 Å². The van der Waals surface area contributed by atoms with Gasteiger partial charge < -0.3 is 15.0 Å². The van der Waals surface area contributed by atoms with Crippen LogP contribution >= 0.6 is 34.8 Å². The van der Waals surface area contributed by atoms with Gasteiger partial charge >= 0.3 is 12.1 Å². The SMILES string of the molecule is CC1CN(C(=O)OC(C)(C)C)CCN1Cc1cc(-c2ccccc2Cl)c2c(c1)N(c1c(Cl)cccc1Cl)C(=O)NC2. The second-order valence-corrected chi connectivity index (χ2v) is 12.7. The molecule has 3 amide bonds. The van der Waals surface area contributed by atoms with Gasteiger partial charge in [0.2, 0.25) is 0 Å². The van der Waals surface area contributed by atoms with Gasteiger partial charge in [0, 0.05) is 54.9 Å². The van der Waals surface area contributed by atoms with E-state index in [1.54, 1.807) is 28.0 Å². The average Bonchev–Trinajstić information content (AvgIpc) is 2.90. The van der Waals surface area contributed by atoms with Crippen molar-refractivity contribution in [3.8, 4) is 11.1 Å². The van der Waals surface area contributed by atoms with Crippen LogP contribution in [0.2, 0.25) is 15.1 Å². The van der Waals surface area contributed by atoms with E-state index in [1.807, 2.05) is 51.1 Å². The largest absolute Gasteiger partial charge is 0.444 e. The molecule has 3 aromatic carbocycles. The Kier molecular flexibility index (Phi) is 8.44. The Bertz CT molecular complexity index is 1470. The standard InChI is InChI=1S/C31H33Cl3N4O3/c1-19-17-37(30(40)41-31(2,3)4)13-12-36(19)18-20-14-22(21-8-5-6-9-24(21)32)23-16-35-29(39)38(27(23)15-20)28-25(33)10-7-11-26(28)34/h5-11,14-15,19H,12-13,16-18H2,1-4H3,(H,35,39). The first-order valence-electron chi connectivity index (χ1n) is 13.6. The van der Waals surface area contributed by atoms with Gasteiger partial charge in [-0.3, -0.25) is 9.80 Å². The lowest BCUT2D eigenvalue weighted by molar-refractivity contribution is 0.00461. The number of nitrogens with one attached hydrogen (secondary N) is 1. The van der Waals surface area contributed by atoms with Gasteiger partial charge in [-0.1, -0.05) is 59.1 Å². The first-order chi connectivity index (χ1) is 19.4. The third-order valence-corrected chi connectivity index (χ3v) is 8.21. The Morgan fingerprint density at radius 2 is 1.66 bits per heavy atom. The predicted octanol–water partition coefficient (Wildman–Crippen LogP) is 8.12. The van der Waals surface area contributed by atoms with Crippen LogP contribution in [0.3, 0.4) is 0 Å². The fourth-order valence-electron chi connectivity index (χ4n) is 5.35. The van der Waals surface area contributed by atoms with Crippen LogP contribution in [-0.2, 0) is 17.8 Å². The normalized spacial score (nSPS) is 17.7. The van der Waals surface area contributed by atoms with E-state index in [1.165, 1.54) is 0 Å². The Hall–Kier alpha value is -2.97. The Balaban J connectivity index is 1.53. The average molecular weight is 616 g/mol. The number of benzene rings is 3. The number of para-hydroxylation sites is 1. The minimum atomic E-state index is -0.543. The Morgan fingerprint density at radius 1 is 0.976 bits per heavy atom. The van der Waals surface area contributed by atoms with Gasteiger partial charge in [-0.15, -0.1) is 0 Å². The van der Waals surface area contributed by atoms with E-state index < -0.39 is 5.60 Å².